The topological polar surface area (TPSA) is 119 Å². The lowest BCUT2D eigenvalue weighted by molar-refractivity contribution is 0.0488. The summed E-state index contributed by atoms with van der Waals surface area (Å²) in [6.45, 7) is 5.17. The Kier molecular flexibility index (Phi) is 10.3. The Hall–Kier alpha value is -3.29. The van der Waals surface area contributed by atoms with Crippen LogP contribution < -0.4 is 24.4 Å². The molecule has 3 aromatic rings. The van der Waals surface area contributed by atoms with Gasteiger partial charge in [-0.1, -0.05) is 24.4 Å². The van der Waals surface area contributed by atoms with Gasteiger partial charge in [-0.25, -0.2) is 26.9 Å². The van der Waals surface area contributed by atoms with Crippen LogP contribution in [0.1, 0.15) is 52.0 Å². The molecule has 1 saturated carbocycles. The largest absolute Gasteiger partial charge is 0.497 e. The van der Waals surface area contributed by atoms with Crippen LogP contribution in [0.25, 0.3) is 0 Å². The van der Waals surface area contributed by atoms with Gasteiger partial charge in [-0.3, -0.25) is 0 Å². The molecule has 0 bridgehead atoms. The van der Waals surface area contributed by atoms with Crippen LogP contribution in [0.5, 0.6) is 11.5 Å². The fourth-order valence-electron chi connectivity index (χ4n) is 4.82. The molecule has 2 aromatic carbocycles. The molecule has 0 unspecified atom stereocenters. The molecule has 2 N–H and O–H groups in total. The highest BCUT2D eigenvalue weighted by molar-refractivity contribution is 7.93. The zero-order chi connectivity index (χ0) is 31.4. The summed E-state index contributed by atoms with van der Waals surface area (Å²) in [6.07, 6.45) is 4.12. The number of nitrogens with zero attached hydrogens (tertiary/aromatic N) is 2. The van der Waals surface area contributed by atoms with Crippen LogP contribution in [0, 0.1) is 5.82 Å². The number of amides is 1. The number of anilines is 2. The van der Waals surface area contributed by atoms with E-state index in [-0.39, 0.29) is 34.5 Å². The molecular weight excluding hydrogens is 619 g/mol. The fraction of sp³-hybridized carbons (Fsp3) is 0.448. The first kappa shape index (κ1) is 32.6. The highest BCUT2D eigenvalue weighted by atomic mass is 35.5. The van der Waals surface area contributed by atoms with E-state index in [1.54, 1.807) is 44.4 Å². The maximum atomic E-state index is 15.7. The number of methoxy groups -OCH3 is 2. The molecule has 1 amide bonds. The fourth-order valence-corrected chi connectivity index (χ4v) is 7.45. The number of rotatable bonds is 10. The van der Waals surface area contributed by atoms with Crippen LogP contribution >= 0.6 is 22.9 Å². The van der Waals surface area contributed by atoms with Crippen molar-refractivity contribution in [3.8, 4) is 11.5 Å². The number of ether oxygens (including phenoxy) is 3. The third-order valence-electron chi connectivity index (χ3n) is 6.84. The van der Waals surface area contributed by atoms with Crippen molar-refractivity contribution in [1.29, 1.82) is 0 Å². The van der Waals surface area contributed by atoms with E-state index in [0.29, 0.717) is 29.9 Å². The first-order valence-electron chi connectivity index (χ1n) is 13.7. The van der Waals surface area contributed by atoms with Crippen molar-refractivity contribution in [3.63, 3.8) is 0 Å². The third-order valence-corrected chi connectivity index (χ3v) is 9.81. The molecule has 10 nitrogen and oxygen atoms in total. The predicted octanol–water partition coefficient (Wildman–Crippen LogP) is 6.60. The highest BCUT2D eigenvalue weighted by Crippen LogP contribution is 2.36. The molecule has 4 rings (SSSR count). The summed E-state index contributed by atoms with van der Waals surface area (Å²) in [5.74, 6) is -0.0505. The maximum Gasteiger partial charge on any atom is 0.407 e. The van der Waals surface area contributed by atoms with E-state index in [1.807, 2.05) is 0 Å². The second kappa shape index (κ2) is 13.6. The SMILES string of the molecule is COc1ccc(CN(c2nccs2)S(=O)(=O)c2cc(Cl)c(N[C@@H]3CCCC[C@@H]3NC(=O)OC(C)(C)C)cc2F)c(OC)c1. The number of carbonyl (C=O) groups excluding carboxylic acids is 1. The molecule has 0 radical (unpaired) electrons. The van der Waals surface area contributed by atoms with Crippen LogP contribution in [0.3, 0.4) is 0 Å². The molecule has 0 aliphatic heterocycles. The minimum absolute atomic E-state index is 0.0164. The van der Waals surface area contributed by atoms with E-state index in [1.165, 1.54) is 20.4 Å². The van der Waals surface area contributed by atoms with Crippen molar-refractivity contribution < 1.29 is 31.8 Å². The van der Waals surface area contributed by atoms with Crippen LogP contribution in [0.2, 0.25) is 5.02 Å². The van der Waals surface area contributed by atoms with E-state index < -0.39 is 32.4 Å². The van der Waals surface area contributed by atoms with Crippen molar-refractivity contribution in [1.82, 2.24) is 10.3 Å². The number of carbonyl (C=O) groups is 1. The minimum Gasteiger partial charge on any atom is -0.497 e. The average Bonchev–Trinajstić information content (AvgIpc) is 3.47. The summed E-state index contributed by atoms with van der Waals surface area (Å²) in [5, 5.41) is 7.91. The van der Waals surface area contributed by atoms with Gasteiger partial charge in [-0.15, -0.1) is 11.3 Å². The molecular formula is C29H36ClFN4O6S2. The summed E-state index contributed by atoms with van der Waals surface area (Å²) in [5.41, 5.74) is 0.0896. The Bertz CT molecular complexity index is 1530. The van der Waals surface area contributed by atoms with Crippen molar-refractivity contribution >= 4 is 49.9 Å². The van der Waals surface area contributed by atoms with Crippen molar-refractivity contribution in [2.24, 2.45) is 0 Å². The van der Waals surface area contributed by atoms with E-state index in [0.717, 1.165) is 40.6 Å². The van der Waals surface area contributed by atoms with Gasteiger partial charge in [0.15, 0.2) is 5.13 Å². The first-order chi connectivity index (χ1) is 20.3. The highest BCUT2D eigenvalue weighted by Gasteiger charge is 2.33. The smallest absolute Gasteiger partial charge is 0.407 e. The van der Waals surface area contributed by atoms with E-state index in [9.17, 15) is 13.2 Å². The zero-order valence-corrected chi connectivity index (χ0v) is 27.0. The summed E-state index contributed by atoms with van der Waals surface area (Å²) in [4.78, 5) is 16.0. The first-order valence-corrected chi connectivity index (χ1v) is 16.4. The van der Waals surface area contributed by atoms with Crippen molar-refractivity contribution in [3.05, 3.63) is 58.3 Å². The standard InChI is InChI=1S/C29H36ClFN4O6S2/c1-29(2,3)41-28(36)34-23-9-7-6-8-22(23)33-24-16-21(31)26(15-20(24)30)43(37,38)35(27-32-12-13-42-27)17-18-10-11-19(39-4)14-25(18)40-5/h10-16,22-23,33H,6-9,17H2,1-5H3,(H,34,36)/t22-,23+/m1/s1. The maximum absolute atomic E-state index is 15.7. The molecule has 1 fully saturated rings. The summed E-state index contributed by atoms with van der Waals surface area (Å²) in [7, 11) is -1.50. The number of hydrogen-bond acceptors (Lipinski definition) is 9. The van der Waals surface area contributed by atoms with Crippen LogP contribution in [0.15, 0.2) is 46.8 Å². The van der Waals surface area contributed by atoms with Gasteiger partial charge in [0.2, 0.25) is 0 Å². The molecule has 1 aliphatic rings. The van der Waals surface area contributed by atoms with Gasteiger partial charge in [0.1, 0.15) is 27.8 Å². The van der Waals surface area contributed by atoms with Crippen LogP contribution in [-0.2, 0) is 21.3 Å². The molecule has 0 spiro atoms. The lowest BCUT2D eigenvalue weighted by Gasteiger charge is -2.34. The van der Waals surface area contributed by atoms with Gasteiger partial charge in [0.05, 0.1) is 37.5 Å². The summed E-state index contributed by atoms with van der Waals surface area (Å²) in [6, 6.07) is 6.60. The molecule has 1 aromatic heterocycles. The molecule has 0 saturated heterocycles. The molecule has 234 valence electrons. The predicted molar refractivity (Wildman–Crippen MR) is 165 cm³/mol. The number of aromatic nitrogens is 1. The molecule has 43 heavy (non-hydrogen) atoms. The normalized spacial score (nSPS) is 17.2. The van der Waals surface area contributed by atoms with Gasteiger partial charge in [-0.2, -0.15) is 0 Å². The van der Waals surface area contributed by atoms with Crippen LogP contribution in [-0.4, -0.2) is 51.4 Å². The van der Waals surface area contributed by atoms with Gasteiger partial charge in [0, 0.05) is 29.2 Å². The summed E-state index contributed by atoms with van der Waals surface area (Å²) < 4.78 is 60.8. The molecule has 14 heteroatoms. The Morgan fingerprint density at radius 2 is 1.86 bits per heavy atom. The molecule has 1 aliphatic carbocycles. The Morgan fingerprint density at radius 3 is 2.49 bits per heavy atom. The number of sulfonamides is 1. The lowest BCUT2D eigenvalue weighted by Crippen LogP contribution is -2.49. The second-order valence-corrected chi connectivity index (χ2v) is 14.2. The zero-order valence-electron chi connectivity index (χ0n) is 24.6. The monoisotopic (exact) mass is 654 g/mol. The number of thiazole rings is 1. The Morgan fingerprint density at radius 1 is 1.14 bits per heavy atom. The summed E-state index contributed by atoms with van der Waals surface area (Å²) >= 11 is 7.66. The van der Waals surface area contributed by atoms with Gasteiger partial charge < -0.3 is 24.8 Å². The van der Waals surface area contributed by atoms with E-state index in [4.69, 9.17) is 25.8 Å². The minimum atomic E-state index is -4.48. The third kappa shape index (κ3) is 8.01. The van der Waals surface area contributed by atoms with E-state index in [2.05, 4.69) is 15.6 Å². The van der Waals surface area contributed by atoms with Crippen molar-refractivity contribution in [2.75, 3.05) is 23.8 Å². The van der Waals surface area contributed by atoms with Gasteiger partial charge in [0.25, 0.3) is 10.0 Å². The number of benzene rings is 2. The van der Waals surface area contributed by atoms with Gasteiger partial charge in [-0.05, 0) is 57.9 Å². The number of nitrogens with one attached hydrogen (secondary N) is 2. The number of alkyl carbamates (subject to hydrolysis) is 1. The quantitative estimate of drug-likeness (QED) is 0.251. The average molecular weight is 655 g/mol. The Balaban J connectivity index is 1.62. The molecule has 1 heterocycles. The number of hydrogen-bond donors (Lipinski definition) is 2. The van der Waals surface area contributed by atoms with Gasteiger partial charge >= 0.3 is 6.09 Å². The molecule has 2 atom stereocenters. The second-order valence-electron chi connectivity index (χ2n) is 11.1. The van der Waals surface area contributed by atoms with Crippen molar-refractivity contribution in [2.45, 2.75) is 75.6 Å². The van der Waals surface area contributed by atoms with E-state index >= 15 is 4.39 Å². The lowest BCUT2D eigenvalue weighted by atomic mass is 9.90. The van der Waals surface area contributed by atoms with Crippen LogP contribution in [0.4, 0.5) is 20.0 Å². The number of halogens is 2. The Labute approximate surface area is 260 Å².